The highest BCUT2D eigenvalue weighted by molar-refractivity contribution is 7.07. The van der Waals surface area contributed by atoms with Crippen LogP contribution in [0.3, 0.4) is 0 Å². The predicted octanol–water partition coefficient (Wildman–Crippen LogP) is 2.92. The van der Waals surface area contributed by atoms with Crippen molar-refractivity contribution in [1.29, 1.82) is 0 Å². The molecular formula is C15H20N2OS. The summed E-state index contributed by atoms with van der Waals surface area (Å²) >= 11 is 1.71. The first-order valence-electron chi connectivity index (χ1n) is 6.59. The first-order valence-corrected chi connectivity index (χ1v) is 7.53. The molecule has 19 heavy (non-hydrogen) atoms. The van der Waals surface area contributed by atoms with E-state index in [1.54, 1.807) is 11.3 Å². The Labute approximate surface area is 118 Å². The molecule has 0 aliphatic heterocycles. The second kappa shape index (κ2) is 7.38. The van der Waals surface area contributed by atoms with Crippen molar-refractivity contribution in [2.45, 2.75) is 32.5 Å². The fraction of sp³-hybridized carbons (Fsp3) is 0.400. The summed E-state index contributed by atoms with van der Waals surface area (Å²) in [5, 5.41) is 13.8. The molecule has 3 nitrogen and oxygen atoms in total. The molecule has 102 valence electrons. The van der Waals surface area contributed by atoms with Gasteiger partial charge in [-0.3, -0.25) is 9.88 Å². The van der Waals surface area contributed by atoms with Gasteiger partial charge in [-0.2, -0.15) is 11.3 Å². The van der Waals surface area contributed by atoms with Crippen molar-refractivity contribution >= 4 is 11.3 Å². The van der Waals surface area contributed by atoms with Crippen LogP contribution in [0.1, 0.15) is 24.6 Å². The minimum absolute atomic E-state index is 0.182. The molecule has 0 aromatic carbocycles. The molecule has 2 heterocycles. The minimum Gasteiger partial charge on any atom is -0.395 e. The van der Waals surface area contributed by atoms with E-state index < -0.39 is 0 Å². The molecule has 0 fully saturated rings. The SMILES string of the molecule is CC[C@H](CO)N(Cc1ccsc1)Cc1ccccn1. The quantitative estimate of drug-likeness (QED) is 0.844. The van der Waals surface area contributed by atoms with Gasteiger partial charge in [0.1, 0.15) is 0 Å². The van der Waals surface area contributed by atoms with E-state index in [9.17, 15) is 5.11 Å². The summed E-state index contributed by atoms with van der Waals surface area (Å²) in [6, 6.07) is 8.29. The predicted molar refractivity (Wildman–Crippen MR) is 79.0 cm³/mol. The van der Waals surface area contributed by atoms with Crippen molar-refractivity contribution in [1.82, 2.24) is 9.88 Å². The standard InChI is InChI=1S/C15H20N2OS/c1-2-15(11-18)17(9-13-6-8-19-12-13)10-14-5-3-4-7-16-14/h3-8,12,15,18H,2,9-11H2,1H3/t15-/m1/s1. The van der Waals surface area contributed by atoms with Gasteiger partial charge >= 0.3 is 0 Å². The summed E-state index contributed by atoms with van der Waals surface area (Å²) in [5.41, 5.74) is 2.34. The Morgan fingerprint density at radius 2 is 2.21 bits per heavy atom. The van der Waals surface area contributed by atoms with Gasteiger partial charge in [0.05, 0.1) is 12.3 Å². The van der Waals surface area contributed by atoms with Gasteiger partial charge in [-0.15, -0.1) is 0 Å². The number of rotatable bonds is 7. The molecule has 0 aliphatic rings. The second-order valence-corrected chi connectivity index (χ2v) is 5.38. The number of thiophene rings is 1. The summed E-state index contributed by atoms with van der Waals surface area (Å²) in [7, 11) is 0. The second-order valence-electron chi connectivity index (χ2n) is 4.60. The van der Waals surface area contributed by atoms with E-state index in [1.165, 1.54) is 5.56 Å². The van der Waals surface area contributed by atoms with Gasteiger partial charge in [-0.05, 0) is 40.9 Å². The number of aliphatic hydroxyl groups excluding tert-OH is 1. The molecule has 0 spiro atoms. The lowest BCUT2D eigenvalue weighted by atomic mass is 10.1. The van der Waals surface area contributed by atoms with E-state index in [-0.39, 0.29) is 12.6 Å². The maximum absolute atomic E-state index is 9.54. The van der Waals surface area contributed by atoms with Gasteiger partial charge in [0.25, 0.3) is 0 Å². The van der Waals surface area contributed by atoms with Gasteiger partial charge < -0.3 is 5.11 Å². The van der Waals surface area contributed by atoms with Crippen LogP contribution in [-0.4, -0.2) is 27.6 Å². The molecule has 4 heteroatoms. The third-order valence-electron chi connectivity index (χ3n) is 3.26. The van der Waals surface area contributed by atoms with Gasteiger partial charge in [0.2, 0.25) is 0 Å². The van der Waals surface area contributed by atoms with Crippen molar-refractivity contribution in [2.75, 3.05) is 6.61 Å². The van der Waals surface area contributed by atoms with Gasteiger partial charge in [-0.25, -0.2) is 0 Å². The molecule has 2 rings (SSSR count). The molecule has 2 aromatic rings. The number of aliphatic hydroxyl groups is 1. The third kappa shape index (κ3) is 4.13. The molecule has 1 N–H and O–H groups in total. The highest BCUT2D eigenvalue weighted by Crippen LogP contribution is 2.16. The number of nitrogens with zero attached hydrogens (tertiary/aromatic N) is 2. The first-order chi connectivity index (χ1) is 9.33. The average Bonchev–Trinajstić information content (AvgIpc) is 2.94. The zero-order valence-corrected chi connectivity index (χ0v) is 12.0. The maximum Gasteiger partial charge on any atom is 0.0587 e. The van der Waals surface area contributed by atoms with E-state index in [2.05, 4.69) is 33.6 Å². The van der Waals surface area contributed by atoms with E-state index in [4.69, 9.17) is 0 Å². The molecule has 2 aromatic heterocycles. The largest absolute Gasteiger partial charge is 0.395 e. The van der Waals surface area contributed by atoms with Gasteiger partial charge in [0.15, 0.2) is 0 Å². The fourth-order valence-corrected chi connectivity index (χ4v) is 2.79. The first kappa shape index (κ1) is 14.2. The normalized spacial score (nSPS) is 12.8. The monoisotopic (exact) mass is 276 g/mol. The molecule has 0 amide bonds. The van der Waals surface area contributed by atoms with Crippen LogP contribution in [0, 0.1) is 0 Å². The van der Waals surface area contributed by atoms with Crippen LogP contribution in [0.2, 0.25) is 0 Å². The molecule has 1 atom stereocenters. The zero-order chi connectivity index (χ0) is 13.5. The van der Waals surface area contributed by atoms with Crippen molar-refractivity contribution < 1.29 is 5.11 Å². The van der Waals surface area contributed by atoms with E-state index in [0.29, 0.717) is 0 Å². The van der Waals surface area contributed by atoms with E-state index in [0.717, 1.165) is 25.2 Å². The highest BCUT2D eigenvalue weighted by atomic mass is 32.1. The van der Waals surface area contributed by atoms with E-state index >= 15 is 0 Å². The van der Waals surface area contributed by atoms with Crippen LogP contribution in [0.25, 0.3) is 0 Å². The van der Waals surface area contributed by atoms with Crippen LogP contribution < -0.4 is 0 Å². The van der Waals surface area contributed by atoms with Crippen LogP contribution in [0.4, 0.5) is 0 Å². The minimum atomic E-state index is 0.182. The zero-order valence-electron chi connectivity index (χ0n) is 11.2. The summed E-state index contributed by atoms with van der Waals surface area (Å²) < 4.78 is 0. The van der Waals surface area contributed by atoms with Crippen LogP contribution >= 0.6 is 11.3 Å². The van der Waals surface area contributed by atoms with Gasteiger partial charge in [-0.1, -0.05) is 13.0 Å². The molecule has 0 saturated heterocycles. The van der Waals surface area contributed by atoms with Crippen molar-refractivity contribution in [3.63, 3.8) is 0 Å². The molecule has 0 saturated carbocycles. The van der Waals surface area contributed by atoms with Crippen LogP contribution in [0.5, 0.6) is 0 Å². The Bertz CT molecular complexity index is 454. The van der Waals surface area contributed by atoms with Crippen LogP contribution in [-0.2, 0) is 13.1 Å². The van der Waals surface area contributed by atoms with Crippen molar-refractivity contribution in [3.8, 4) is 0 Å². The lowest BCUT2D eigenvalue weighted by Gasteiger charge is -2.29. The summed E-state index contributed by atoms with van der Waals surface area (Å²) in [6.45, 7) is 3.93. The molecule has 0 unspecified atom stereocenters. The fourth-order valence-electron chi connectivity index (χ4n) is 2.13. The van der Waals surface area contributed by atoms with E-state index in [1.807, 2.05) is 24.4 Å². The summed E-state index contributed by atoms with van der Waals surface area (Å²) in [6.07, 6.45) is 2.76. The smallest absolute Gasteiger partial charge is 0.0587 e. The third-order valence-corrected chi connectivity index (χ3v) is 3.99. The van der Waals surface area contributed by atoms with Crippen molar-refractivity contribution in [2.24, 2.45) is 0 Å². The van der Waals surface area contributed by atoms with Crippen LogP contribution in [0.15, 0.2) is 41.2 Å². The lowest BCUT2D eigenvalue weighted by Crippen LogP contribution is -2.36. The molecule has 0 radical (unpaired) electrons. The topological polar surface area (TPSA) is 36.4 Å². The Kier molecular flexibility index (Phi) is 5.51. The Balaban J connectivity index is 2.09. The number of aromatic nitrogens is 1. The number of pyridine rings is 1. The Morgan fingerprint density at radius 3 is 2.79 bits per heavy atom. The Morgan fingerprint density at radius 1 is 1.32 bits per heavy atom. The summed E-state index contributed by atoms with van der Waals surface area (Å²) in [5.74, 6) is 0. The number of hydrogen-bond acceptors (Lipinski definition) is 4. The maximum atomic E-state index is 9.54. The lowest BCUT2D eigenvalue weighted by molar-refractivity contribution is 0.105. The molecule has 0 aliphatic carbocycles. The Hall–Kier alpha value is -1.23. The van der Waals surface area contributed by atoms with Crippen molar-refractivity contribution in [3.05, 3.63) is 52.5 Å². The highest BCUT2D eigenvalue weighted by Gasteiger charge is 2.17. The van der Waals surface area contributed by atoms with Gasteiger partial charge in [0, 0.05) is 25.3 Å². The molecular weight excluding hydrogens is 256 g/mol. The molecule has 0 bridgehead atoms. The average molecular weight is 276 g/mol. The summed E-state index contributed by atoms with van der Waals surface area (Å²) in [4.78, 5) is 6.67. The number of hydrogen-bond donors (Lipinski definition) is 1.